The second kappa shape index (κ2) is 3.82. The van der Waals surface area contributed by atoms with Crippen molar-refractivity contribution in [3.8, 4) is 0 Å². The van der Waals surface area contributed by atoms with Crippen LogP contribution in [0.5, 0.6) is 0 Å². The Bertz CT molecular complexity index is 188. The van der Waals surface area contributed by atoms with Crippen LogP contribution < -0.4 is 5.32 Å². The summed E-state index contributed by atoms with van der Waals surface area (Å²) in [6, 6.07) is 1.56. The molecule has 3 fully saturated rings. The molecule has 1 N–H and O–H groups in total. The molecule has 0 amide bonds. The Hall–Kier alpha value is -0.0800. The van der Waals surface area contributed by atoms with Gasteiger partial charge in [-0.2, -0.15) is 0 Å². The molecule has 0 aromatic heterocycles. The van der Waals surface area contributed by atoms with Gasteiger partial charge < -0.3 is 10.1 Å². The van der Waals surface area contributed by atoms with Gasteiger partial charge in [-0.1, -0.05) is 12.8 Å². The van der Waals surface area contributed by atoms with Crippen LogP contribution in [-0.2, 0) is 4.74 Å². The van der Waals surface area contributed by atoms with Crippen molar-refractivity contribution >= 4 is 0 Å². The molecule has 2 saturated heterocycles. The molecule has 0 aromatic rings. The second-order valence-corrected chi connectivity index (χ2v) is 5.27. The molecule has 0 radical (unpaired) electrons. The van der Waals surface area contributed by atoms with E-state index in [1.165, 1.54) is 51.4 Å². The van der Waals surface area contributed by atoms with E-state index in [9.17, 15) is 0 Å². The third-order valence-electron chi connectivity index (χ3n) is 4.12. The van der Waals surface area contributed by atoms with Crippen LogP contribution >= 0.6 is 0 Å². The Balaban J connectivity index is 1.53. The molecule has 14 heavy (non-hydrogen) atoms. The van der Waals surface area contributed by atoms with Crippen LogP contribution in [0.1, 0.15) is 51.4 Å². The summed E-state index contributed by atoms with van der Waals surface area (Å²) >= 11 is 0. The first-order chi connectivity index (χ1) is 6.90. The maximum Gasteiger partial charge on any atom is 0.0608 e. The van der Waals surface area contributed by atoms with Gasteiger partial charge in [-0.15, -0.1) is 0 Å². The number of ether oxygens (including phenoxy) is 1. The first-order valence-electron chi connectivity index (χ1n) is 6.31. The smallest absolute Gasteiger partial charge is 0.0608 e. The second-order valence-electron chi connectivity index (χ2n) is 5.27. The summed E-state index contributed by atoms with van der Waals surface area (Å²) < 4.78 is 6.19. The van der Waals surface area contributed by atoms with Gasteiger partial charge >= 0.3 is 0 Å². The number of fused-ring (bicyclic) bond motifs is 2. The Morgan fingerprint density at radius 3 is 2.07 bits per heavy atom. The number of rotatable bonds is 2. The van der Waals surface area contributed by atoms with Gasteiger partial charge in [0.25, 0.3) is 0 Å². The highest BCUT2D eigenvalue weighted by Crippen LogP contribution is 2.31. The highest BCUT2D eigenvalue weighted by molar-refractivity contribution is 4.93. The number of hydrogen-bond donors (Lipinski definition) is 1. The molecule has 80 valence electrons. The van der Waals surface area contributed by atoms with E-state index in [-0.39, 0.29) is 0 Å². The quantitative estimate of drug-likeness (QED) is 0.729. The number of hydrogen-bond acceptors (Lipinski definition) is 2. The van der Waals surface area contributed by atoms with Crippen LogP contribution in [0, 0.1) is 0 Å². The summed E-state index contributed by atoms with van der Waals surface area (Å²) in [5, 5.41) is 3.67. The molecule has 3 rings (SSSR count). The van der Waals surface area contributed by atoms with Crippen molar-refractivity contribution in [2.75, 3.05) is 0 Å². The van der Waals surface area contributed by atoms with Crippen LogP contribution in [0.3, 0.4) is 0 Å². The molecule has 0 aromatic carbocycles. The molecule has 2 nitrogen and oxygen atoms in total. The molecular formula is C12H21NO. The molecule has 2 bridgehead atoms. The summed E-state index contributed by atoms with van der Waals surface area (Å²) in [6.45, 7) is 0. The van der Waals surface area contributed by atoms with E-state index in [1.807, 2.05) is 0 Å². The molecule has 1 saturated carbocycles. The summed E-state index contributed by atoms with van der Waals surface area (Å²) in [5.74, 6) is 0. The molecule has 0 spiro atoms. The van der Waals surface area contributed by atoms with Gasteiger partial charge in [0.15, 0.2) is 0 Å². The minimum atomic E-state index is 0.580. The minimum Gasteiger partial charge on any atom is -0.375 e. The van der Waals surface area contributed by atoms with Crippen molar-refractivity contribution in [1.82, 2.24) is 5.32 Å². The van der Waals surface area contributed by atoms with Gasteiger partial charge in [0.1, 0.15) is 0 Å². The average Bonchev–Trinajstić information content (AvgIpc) is 2.77. The summed E-state index contributed by atoms with van der Waals surface area (Å²) in [5.41, 5.74) is 0. The Morgan fingerprint density at radius 2 is 1.43 bits per heavy atom. The Labute approximate surface area is 86.4 Å². The number of nitrogens with one attached hydrogen (secondary N) is 1. The van der Waals surface area contributed by atoms with E-state index in [1.54, 1.807) is 0 Å². The van der Waals surface area contributed by atoms with Crippen molar-refractivity contribution in [2.24, 2.45) is 0 Å². The Morgan fingerprint density at radius 1 is 0.786 bits per heavy atom. The lowest BCUT2D eigenvalue weighted by Gasteiger charge is -2.31. The highest BCUT2D eigenvalue weighted by Gasteiger charge is 2.35. The summed E-state index contributed by atoms with van der Waals surface area (Å²) in [7, 11) is 0. The first kappa shape index (κ1) is 9.17. The van der Waals surface area contributed by atoms with Crippen LogP contribution in [0.2, 0.25) is 0 Å². The van der Waals surface area contributed by atoms with Crippen molar-refractivity contribution < 1.29 is 4.74 Å². The van der Waals surface area contributed by atoms with Gasteiger partial charge in [0.2, 0.25) is 0 Å². The molecule has 3 aliphatic rings. The van der Waals surface area contributed by atoms with E-state index >= 15 is 0 Å². The molecule has 3 atom stereocenters. The van der Waals surface area contributed by atoms with Gasteiger partial charge in [-0.25, -0.2) is 0 Å². The predicted molar refractivity (Wildman–Crippen MR) is 56.3 cm³/mol. The normalized spacial score (nSPS) is 43.3. The lowest BCUT2D eigenvalue weighted by molar-refractivity contribution is -0.0314. The van der Waals surface area contributed by atoms with Crippen molar-refractivity contribution in [1.29, 1.82) is 0 Å². The van der Waals surface area contributed by atoms with Crippen molar-refractivity contribution in [3.05, 3.63) is 0 Å². The maximum absolute atomic E-state index is 6.19. The van der Waals surface area contributed by atoms with E-state index in [0.717, 1.165) is 12.1 Å². The lowest BCUT2D eigenvalue weighted by atomic mass is 10.0. The van der Waals surface area contributed by atoms with E-state index in [0.29, 0.717) is 12.2 Å². The van der Waals surface area contributed by atoms with Crippen LogP contribution in [0.15, 0.2) is 0 Å². The van der Waals surface area contributed by atoms with Crippen LogP contribution in [-0.4, -0.2) is 24.3 Å². The fraction of sp³-hybridized carbons (Fsp3) is 1.00. The zero-order valence-corrected chi connectivity index (χ0v) is 8.87. The third kappa shape index (κ3) is 1.82. The van der Waals surface area contributed by atoms with Gasteiger partial charge in [-0.05, 0) is 38.5 Å². The molecule has 2 heterocycles. The van der Waals surface area contributed by atoms with E-state index < -0.39 is 0 Å². The monoisotopic (exact) mass is 195 g/mol. The zero-order chi connectivity index (χ0) is 9.38. The average molecular weight is 195 g/mol. The molecule has 1 unspecified atom stereocenters. The van der Waals surface area contributed by atoms with E-state index in [4.69, 9.17) is 4.74 Å². The summed E-state index contributed by atoms with van der Waals surface area (Å²) in [6.07, 6.45) is 11.9. The summed E-state index contributed by atoms with van der Waals surface area (Å²) in [4.78, 5) is 0. The van der Waals surface area contributed by atoms with Crippen LogP contribution in [0.4, 0.5) is 0 Å². The minimum absolute atomic E-state index is 0.580. The molecule has 2 heteroatoms. The van der Waals surface area contributed by atoms with Crippen molar-refractivity contribution in [2.45, 2.75) is 75.7 Å². The molecule has 1 aliphatic carbocycles. The molecular weight excluding hydrogens is 174 g/mol. The standard InChI is InChI=1S/C12H21NO/c1-2-4-11(3-1)14-12-7-9-5-6-10(8-12)13-9/h9-13H,1-8H2/t9-,10+,12?. The van der Waals surface area contributed by atoms with Crippen LogP contribution in [0.25, 0.3) is 0 Å². The van der Waals surface area contributed by atoms with Gasteiger partial charge in [-0.3, -0.25) is 0 Å². The largest absolute Gasteiger partial charge is 0.375 e. The predicted octanol–water partition coefficient (Wildman–Crippen LogP) is 2.23. The van der Waals surface area contributed by atoms with E-state index in [2.05, 4.69) is 5.32 Å². The fourth-order valence-corrected chi connectivity index (χ4v) is 3.41. The Kier molecular flexibility index (Phi) is 2.50. The zero-order valence-electron chi connectivity index (χ0n) is 8.87. The first-order valence-corrected chi connectivity index (χ1v) is 6.31. The lowest BCUT2D eigenvalue weighted by Crippen LogP contribution is -2.42. The SMILES string of the molecule is C1CCC(OC2C[C@H]3CC[C@@H](C2)N3)C1. The van der Waals surface area contributed by atoms with Gasteiger partial charge in [0.05, 0.1) is 12.2 Å². The number of piperidine rings is 1. The topological polar surface area (TPSA) is 21.3 Å². The fourth-order valence-electron chi connectivity index (χ4n) is 3.41. The van der Waals surface area contributed by atoms with Gasteiger partial charge in [0, 0.05) is 12.1 Å². The third-order valence-corrected chi connectivity index (χ3v) is 4.12. The molecule has 2 aliphatic heterocycles. The van der Waals surface area contributed by atoms with Crippen molar-refractivity contribution in [3.63, 3.8) is 0 Å². The maximum atomic E-state index is 6.19. The highest BCUT2D eigenvalue weighted by atomic mass is 16.5.